The molecule has 0 bridgehead atoms. The molecular formula is CH4O4. The van der Waals surface area contributed by atoms with Gasteiger partial charge in [0.15, 0.2) is 0 Å². The Kier molecular flexibility index (Phi) is 17.7. The molecule has 0 unspecified atom stereocenters. The van der Waals surface area contributed by atoms with Crippen molar-refractivity contribution in [2.75, 3.05) is 0 Å². The second kappa shape index (κ2) is 10.0. The molecule has 4 heteroatoms. The first-order valence-electron chi connectivity index (χ1n) is 0.654. The highest BCUT2D eigenvalue weighted by atomic mass is 17.1. The molecule has 0 aliphatic rings. The molecule has 0 aliphatic heterocycles. The summed E-state index contributed by atoms with van der Waals surface area (Å²) in [6.45, 7) is -0.0694. The van der Waals surface area contributed by atoms with Crippen LogP contribution in [0.4, 0.5) is 0 Å². The number of rotatable bonds is 1. The minimum absolute atomic E-state index is 0. The molecule has 32 valence electrons. The van der Waals surface area contributed by atoms with E-state index in [9.17, 15) is 0 Å². The summed E-state index contributed by atoms with van der Waals surface area (Å²) >= 11 is 0. The van der Waals surface area contributed by atoms with E-state index in [0.717, 1.165) is 0 Å². The number of carbonyl (C=O) groups excluding carboxylic acids is 1. The third kappa shape index (κ3) is 43.1. The van der Waals surface area contributed by atoms with Gasteiger partial charge in [0, 0.05) is 0 Å². The third-order valence-corrected chi connectivity index (χ3v) is 0.0430. The van der Waals surface area contributed by atoms with Crippen LogP contribution in [0.25, 0.3) is 0 Å². The summed E-state index contributed by atoms with van der Waals surface area (Å²) in [5, 5.41) is 7.01. The molecule has 0 saturated carbocycles. The first-order chi connectivity index (χ1) is 1.91. The SMILES string of the molecule is O.O=COO. The van der Waals surface area contributed by atoms with Gasteiger partial charge in [0.2, 0.25) is 0 Å². The molecule has 5 heavy (non-hydrogen) atoms. The Balaban J connectivity index is 0. The number of hydrogen-bond acceptors (Lipinski definition) is 3. The summed E-state index contributed by atoms with van der Waals surface area (Å²) in [5.41, 5.74) is 0. The van der Waals surface area contributed by atoms with Gasteiger partial charge in [-0.25, -0.2) is 5.26 Å². The van der Waals surface area contributed by atoms with Crippen molar-refractivity contribution in [2.45, 2.75) is 0 Å². The van der Waals surface area contributed by atoms with E-state index in [0.29, 0.717) is 0 Å². The zero-order chi connectivity index (χ0) is 3.41. The van der Waals surface area contributed by atoms with Crippen LogP contribution in [0.3, 0.4) is 0 Å². The number of hydrogen-bond donors (Lipinski definition) is 1. The maximum atomic E-state index is 8.70. The normalized spacial score (nSPS) is 4.20. The van der Waals surface area contributed by atoms with Crippen molar-refractivity contribution in [3.63, 3.8) is 0 Å². The molecule has 0 spiro atoms. The largest absolute Gasteiger partial charge is 0.412 e. The molecule has 0 rings (SSSR count). The van der Waals surface area contributed by atoms with Crippen molar-refractivity contribution in [2.24, 2.45) is 0 Å². The van der Waals surface area contributed by atoms with E-state index in [-0.39, 0.29) is 11.9 Å². The third-order valence-electron chi connectivity index (χ3n) is 0.0430. The zero-order valence-electron chi connectivity index (χ0n) is 2.34. The van der Waals surface area contributed by atoms with E-state index in [2.05, 4.69) is 4.89 Å². The average Bonchev–Trinajstić information content (AvgIpc) is 1.37. The van der Waals surface area contributed by atoms with Gasteiger partial charge in [-0.3, -0.25) is 4.79 Å². The molecule has 4 nitrogen and oxygen atoms in total. The highest BCUT2D eigenvalue weighted by molar-refractivity contribution is 5.35. The van der Waals surface area contributed by atoms with Gasteiger partial charge in [-0.15, -0.1) is 0 Å². The lowest BCUT2D eigenvalue weighted by atomic mass is 11.7. The van der Waals surface area contributed by atoms with Gasteiger partial charge in [0.1, 0.15) is 0 Å². The summed E-state index contributed by atoms with van der Waals surface area (Å²) in [4.78, 5) is 11.6. The van der Waals surface area contributed by atoms with Crippen molar-refractivity contribution < 1.29 is 20.4 Å². The van der Waals surface area contributed by atoms with E-state index in [1.54, 1.807) is 0 Å². The first-order valence-corrected chi connectivity index (χ1v) is 0.654. The zero-order valence-corrected chi connectivity index (χ0v) is 2.34. The highest BCUT2D eigenvalue weighted by Crippen LogP contribution is 1.33. The van der Waals surface area contributed by atoms with Gasteiger partial charge >= 0.3 is 6.47 Å². The first kappa shape index (κ1) is 8.83. The summed E-state index contributed by atoms with van der Waals surface area (Å²) < 4.78 is 0. The summed E-state index contributed by atoms with van der Waals surface area (Å²) in [7, 11) is 0. The van der Waals surface area contributed by atoms with Crippen LogP contribution < -0.4 is 0 Å². The lowest BCUT2D eigenvalue weighted by Crippen LogP contribution is -1.69. The van der Waals surface area contributed by atoms with E-state index in [1.807, 2.05) is 0 Å². The summed E-state index contributed by atoms with van der Waals surface area (Å²) in [5.74, 6) is 0. The molecule has 0 saturated heterocycles. The van der Waals surface area contributed by atoms with Crippen molar-refractivity contribution in [3.8, 4) is 0 Å². The molecular weight excluding hydrogens is 76.0 g/mol. The number of carbonyl (C=O) groups is 1. The monoisotopic (exact) mass is 80.0 g/mol. The predicted molar refractivity (Wildman–Crippen MR) is 13.4 cm³/mol. The topological polar surface area (TPSA) is 78.0 Å². The van der Waals surface area contributed by atoms with Crippen LogP contribution in [0.5, 0.6) is 0 Å². The van der Waals surface area contributed by atoms with E-state index < -0.39 is 0 Å². The van der Waals surface area contributed by atoms with Crippen LogP contribution >= 0.6 is 0 Å². The summed E-state index contributed by atoms with van der Waals surface area (Å²) in [6, 6.07) is 0. The Morgan fingerprint density at radius 2 is 2.00 bits per heavy atom. The van der Waals surface area contributed by atoms with Crippen LogP contribution in [-0.2, 0) is 9.68 Å². The van der Waals surface area contributed by atoms with E-state index >= 15 is 0 Å². The molecule has 0 aliphatic carbocycles. The van der Waals surface area contributed by atoms with Crippen LogP contribution in [0.2, 0.25) is 0 Å². The smallest absolute Gasteiger partial charge is 0.330 e. The van der Waals surface area contributed by atoms with Crippen LogP contribution in [0, 0.1) is 0 Å². The standard InChI is InChI=1S/CH2O3.H2O/c2-1-4-3;/h1,3H;1H2. The van der Waals surface area contributed by atoms with Crippen molar-refractivity contribution >= 4 is 6.47 Å². The average molecular weight is 80.0 g/mol. The van der Waals surface area contributed by atoms with E-state index in [4.69, 9.17) is 10.1 Å². The van der Waals surface area contributed by atoms with Gasteiger partial charge in [0.25, 0.3) is 0 Å². The molecule has 0 heterocycles. The Hall–Kier alpha value is -0.610. The molecule has 0 radical (unpaired) electrons. The minimum Gasteiger partial charge on any atom is -0.412 e. The lowest BCUT2D eigenvalue weighted by Gasteiger charge is -1.63. The molecule has 3 N–H and O–H groups in total. The van der Waals surface area contributed by atoms with Crippen LogP contribution in [0.1, 0.15) is 0 Å². The van der Waals surface area contributed by atoms with Crippen molar-refractivity contribution in [3.05, 3.63) is 0 Å². The molecule has 0 aromatic carbocycles. The maximum Gasteiger partial charge on any atom is 0.330 e. The Morgan fingerprint density at radius 1 is 1.80 bits per heavy atom. The Morgan fingerprint density at radius 3 is 2.00 bits per heavy atom. The Bertz CT molecular complexity index is 17.6. The summed E-state index contributed by atoms with van der Waals surface area (Å²) in [6.07, 6.45) is 0. The van der Waals surface area contributed by atoms with Crippen LogP contribution in [0.15, 0.2) is 0 Å². The van der Waals surface area contributed by atoms with Gasteiger partial charge in [-0.1, -0.05) is 0 Å². The second-order valence-corrected chi connectivity index (χ2v) is 0.202. The quantitative estimate of drug-likeness (QED) is 0.244. The van der Waals surface area contributed by atoms with Gasteiger partial charge in [-0.05, 0) is 0 Å². The van der Waals surface area contributed by atoms with Crippen molar-refractivity contribution in [1.82, 2.24) is 0 Å². The van der Waals surface area contributed by atoms with Gasteiger partial charge < -0.3 is 10.4 Å². The molecule has 0 aromatic heterocycles. The molecule has 0 fully saturated rings. The minimum atomic E-state index is -0.0694. The van der Waals surface area contributed by atoms with Crippen molar-refractivity contribution in [1.29, 1.82) is 0 Å². The second-order valence-electron chi connectivity index (χ2n) is 0.202. The Labute approximate surface area is 28.2 Å². The van der Waals surface area contributed by atoms with Crippen LogP contribution in [-0.4, -0.2) is 17.2 Å². The van der Waals surface area contributed by atoms with Gasteiger partial charge in [-0.2, -0.15) is 0 Å². The molecule has 0 atom stereocenters. The highest BCUT2D eigenvalue weighted by Gasteiger charge is 1.47. The molecule has 0 amide bonds. The fraction of sp³-hybridized carbons (Fsp3) is 0. The molecule has 0 aromatic rings. The maximum absolute atomic E-state index is 8.70. The predicted octanol–water partition coefficient (Wildman–Crippen LogP) is -1.19. The van der Waals surface area contributed by atoms with E-state index in [1.165, 1.54) is 0 Å². The van der Waals surface area contributed by atoms with Gasteiger partial charge in [0.05, 0.1) is 0 Å². The fourth-order valence-electron chi connectivity index (χ4n) is 0. The fourth-order valence-corrected chi connectivity index (χ4v) is 0. The lowest BCUT2D eigenvalue weighted by molar-refractivity contribution is -0.217.